The summed E-state index contributed by atoms with van der Waals surface area (Å²) in [7, 11) is 0. The summed E-state index contributed by atoms with van der Waals surface area (Å²) in [5, 5.41) is 47.3. The van der Waals surface area contributed by atoms with Crippen molar-refractivity contribution in [3.63, 3.8) is 0 Å². The van der Waals surface area contributed by atoms with Crippen LogP contribution in [-0.2, 0) is 24.7 Å². The maximum atomic E-state index is 11.7. The first-order chi connectivity index (χ1) is 32.6. The molecule has 0 aromatic heterocycles. The Morgan fingerprint density at radius 2 is 0.521 bits per heavy atom. The molecule has 0 atom stereocenters. The van der Waals surface area contributed by atoms with Crippen molar-refractivity contribution >= 4 is 117 Å². The topological polar surface area (TPSA) is 243 Å². The molecule has 0 aliphatic carbocycles. The SMILES string of the molecule is CC(=O)CC(C)=O.CC(=O)CC(C)=O.ClCCl.ClCCl.[Dy].[Dy].[O-]c1ccccc1C=Nc1ccccc1N=Cc1ccccc1[O-].[O-]c1ccccc1C=Nc1ccccc1N=Cc1ccccc1[O-].[OH3+]. The van der Waals surface area contributed by atoms with Gasteiger partial charge in [0.25, 0.3) is 0 Å². The number of Topliss-reactive ketones (excluding diaryl/α,β-unsaturated/α-hetero) is 4. The van der Waals surface area contributed by atoms with Gasteiger partial charge in [0.05, 0.1) is 46.3 Å². The first-order valence-electron chi connectivity index (χ1n) is 20.2. The minimum Gasteiger partial charge on any atom is -0.872 e. The van der Waals surface area contributed by atoms with Crippen molar-refractivity contribution in [2.45, 2.75) is 40.5 Å². The van der Waals surface area contributed by atoms with Crippen molar-refractivity contribution < 1.29 is 121 Å². The van der Waals surface area contributed by atoms with Gasteiger partial charge in [0.1, 0.15) is 23.1 Å². The minimum atomic E-state index is -0.0810. The van der Waals surface area contributed by atoms with Gasteiger partial charge in [-0.25, -0.2) is 0 Å². The largest absolute Gasteiger partial charge is 0.872 e. The van der Waals surface area contributed by atoms with Crippen molar-refractivity contribution in [3.8, 4) is 23.0 Å². The van der Waals surface area contributed by atoms with Gasteiger partial charge in [-0.2, -0.15) is 0 Å². The Morgan fingerprint density at radius 3 is 0.662 bits per heavy atom. The van der Waals surface area contributed by atoms with Gasteiger partial charge in [-0.05, 0) is 74.2 Å². The monoisotopic (exact) mass is 1340 g/mol. The Labute approximate surface area is 495 Å². The summed E-state index contributed by atoms with van der Waals surface area (Å²) >= 11 is 19.1. The van der Waals surface area contributed by atoms with Gasteiger partial charge in [-0.3, -0.25) is 39.1 Å². The molecular formula is C52H51Cl4Dy2N4O9-3. The van der Waals surface area contributed by atoms with Crippen molar-refractivity contribution in [1.29, 1.82) is 0 Å². The van der Waals surface area contributed by atoms with Crippen LogP contribution >= 0.6 is 46.4 Å². The van der Waals surface area contributed by atoms with Crippen molar-refractivity contribution in [2.24, 2.45) is 20.0 Å². The Bertz CT molecular complexity index is 2280. The zero-order valence-electron chi connectivity index (χ0n) is 38.8. The van der Waals surface area contributed by atoms with E-state index in [-0.39, 0.29) is 151 Å². The normalized spacial score (nSPS) is 9.80. The third-order valence-electron chi connectivity index (χ3n) is 7.81. The summed E-state index contributed by atoms with van der Waals surface area (Å²) in [5.74, 6) is -0.574. The predicted octanol–water partition coefficient (Wildman–Crippen LogP) is 9.70. The second-order valence-corrected chi connectivity index (χ2v) is 15.1. The van der Waals surface area contributed by atoms with Gasteiger partial charge < -0.3 is 25.9 Å². The van der Waals surface area contributed by atoms with E-state index >= 15 is 0 Å². The first-order valence-corrected chi connectivity index (χ1v) is 22.3. The van der Waals surface area contributed by atoms with Crippen LogP contribution in [0.5, 0.6) is 23.0 Å². The Morgan fingerprint density at radius 1 is 0.366 bits per heavy atom. The molecule has 0 fully saturated rings. The summed E-state index contributed by atoms with van der Waals surface area (Å²) in [5.41, 5.74) is 4.56. The fourth-order valence-electron chi connectivity index (χ4n) is 4.97. The molecule has 13 nitrogen and oxygen atoms in total. The number of hydrogen-bond donors (Lipinski definition) is 0. The van der Waals surface area contributed by atoms with E-state index in [0.717, 1.165) is 0 Å². The number of ketones is 4. The number of para-hydroxylation sites is 8. The number of carbonyl (C=O) groups is 4. The summed E-state index contributed by atoms with van der Waals surface area (Å²) in [6, 6.07) is 41.4. The standard InChI is InChI=1S/2C20H16N2O2.2C5H8O2.2CH2Cl2.2Dy.H2O/c2*23-19-11-5-1-7-15(19)13-21-17-9-3-4-10-18(17)22-14-16-8-2-6-12-20(16)24;2*1-4(6)3-5(2)7;2*2-1-3;;;/h2*1-14,23-24H;2*3H2,1-2H3;2*1H2;;;1H2/p-3. The van der Waals surface area contributed by atoms with Gasteiger partial charge in [0.15, 0.2) is 0 Å². The molecular weight excluding hydrogens is 1290 g/mol. The minimum absolute atomic E-state index is 0. The Balaban J connectivity index is -0.000000920. The predicted molar refractivity (Wildman–Crippen MR) is 275 cm³/mol. The van der Waals surface area contributed by atoms with Gasteiger partial charge in [-0.1, -0.05) is 121 Å². The van der Waals surface area contributed by atoms with Crippen LogP contribution in [0, 0.1) is 76.3 Å². The molecule has 71 heavy (non-hydrogen) atoms. The fraction of sp³-hybridized carbons (Fsp3) is 0.154. The molecule has 0 saturated heterocycles. The van der Waals surface area contributed by atoms with E-state index in [1.807, 2.05) is 24.3 Å². The number of benzene rings is 6. The van der Waals surface area contributed by atoms with E-state index in [4.69, 9.17) is 46.4 Å². The van der Waals surface area contributed by atoms with E-state index < -0.39 is 0 Å². The zero-order chi connectivity index (χ0) is 50.7. The molecule has 0 bridgehead atoms. The van der Waals surface area contributed by atoms with Crippen LogP contribution in [0.25, 0.3) is 0 Å². The van der Waals surface area contributed by atoms with Crippen LogP contribution in [-0.4, -0.2) is 58.7 Å². The molecule has 0 spiro atoms. The van der Waals surface area contributed by atoms with Crippen LogP contribution in [0.1, 0.15) is 62.8 Å². The molecule has 3 N–H and O–H groups in total. The third kappa shape index (κ3) is 33.0. The van der Waals surface area contributed by atoms with Crippen LogP contribution in [0.3, 0.4) is 0 Å². The summed E-state index contributed by atoms with van der Waals surface area (Å²) < 4.78 is 0. The maximum Gasteiger partial charge on any atom is 0.137 e. The molecule has 0 aliphatic heterocycles. The van der Waals surface area contributed by atoms with Gasteiger partial charge >= 0.3 is 0 Å². The van der Waals surface area contributed by atoms with Crippen LogP contribution in [0.15, 0.2) is 166 Å². The molecule has 0 unspecified atom stereocenters. The average Bonchev–Trinajstić information content (AvgIpc) is 3.29. The average molecular weight is 1340 g/mol. The smallest absolute Gasteiger partial charge is 0.137 e. The molecule has 6 rings (SSSR count). The van der Waals surface area contributed by atoms with Gasteiger partial charge in [0, 0.05) is 101 Å². The zero-order valence-corrected chi connectivity index (χ0v) is 45.9. The summed E-state index contributed by atoms with van der Waals surface area (Å²) in [6.45, 7) is 5.62. The molecule has 0 saturated carbocycles. The van der Waals surface area contributed by atoms with Crippen molar-refractivity contribution in [1.82, 2.24) is 0 Å². The number of rotatable bonds is 12. The summed E-state index contributed by atoms with van der Waals surface area (Å²) in [6.07, 6.45) is 6.27. The van der Waals surface area contributed by atoms with Gasteiger partial charge in [-0.15, -0.1) is 69.4 Å². The molecule has 0 aliphatic rings. The number of halogens is 4. The van der Waals surface area contributed by atoms with E-state index in [1.165, 1.54) is 76.8 Å². The van der Waals surface area contributed by atoms with Gasteiger partial charge in [0.2, 0.25) is 0 Å². The third-order valence-corrected chi connectivity index (χ3v) is 7.81. The number of carbonyl (C=O) groups excluding carboxylic acids is 4. The molecule has 6 aromatic carbocycles. The second kappa shape index (κ2) is 43.2. The first kappa shape index (κ1) is 70.8. The van der Waals surface area contributed by atoms with Crippen molar-refractivity contribution in [2.75, 3.05) is 10.7 Å². The molecule has 0 radical (unpaired) electrons. The van der Waals surface area contributed by atoms with E-state index in [2.05, 4.69) is 20.0 Å². The van der Waals surface area contributed by atoms with E-state index in [0.29, 0.717) is 45.0 Å². The fourth-order valence-corrected chi connectivity index (χ4v) is 4.97. The summed E-state index contributed by atoms with van der Waals surface area (Å²) in [4.78, 5) is 57.6. The number of nitrogens with zero attached hydrogens (tertiary/aromatic N) is 4. The van der Waals surface area contributed by atoms with Crippen molar-refractivity contribution in [3.05, 3.63) is 168 Å². The Kier molecular flexibility index (Phi) is 43.0. The molecule has 0 amide bonds. The molecule has 6 aromatic rings. The molecule has 384 valence electrons. The molecule has 0 heterocycles. The Hall–Kier alpha value is -4.45. The number of alkyl halides is 4. The number of aliphatic imine (C=N–C) groups is 4. The van der Waals surface area contributed by atoms with Crippen LogP contribution in [0.4, 0.5) is 22.7 Å². The van der Waals surface area contributed by atoms with Crippen LogP contribution in [0.2, 0.25) is 0 Å². The second-order valence-electron chi connectivity index (χ2n) is 13.5. The quantitative estimate of drug-likeness (QED) is 0.0493. The maximum absolute atomic E-state index is 11.7. The van der Waals surface area contributed by atoms with Crippen LogP contribution < -0.4 is 20.4 Å². The molecule has 19 heteroatoms. The van der Waals surface area contributed by atoms with E-state index in [1.54, 1.807) is 97.1 Å². The van der Waals surface area contributed by atoms with E-state index in [9.17, 15) is 39.6 Å². The number of hydrogen-bond acceptors (Lipinski definition) is 12.